The van der Waals surface area contributed by atoms with Gasteiger partial charge in [0, 0.05) is 22.5 Å². The van der Waals surface area contributed by atoms with Gasteiger partial charge in [-0.3, -0.25) is 9.59 Å². The zero-order chi connectivity index (χ0) is 30.2. The summed E-state index contributed by atoms with van der Waals surface area (Å²) >= 11 is 6.99. The van der Waals surface area contributed by atoms with Crippen molar-refractivity contribution < 1.29 is 19.1 Å². The second-order valence-electron chi connectivity index (χ2n) is 9.95. The number of halogens is 2. The van der Waals surface area contributed by atoms with Gasteiger partial charge in [-0.25, -0.2) is 0 Å². The molecular weight excluding hydrogens is 660 g/mol. The van der Waals surface area contributed by atoms with Gasteiger partial charge < -0.3 is 20.1 Å². The number of amides is 2. The number of hydrogen-bond donors (Lipinski definition) is 2. The zero-order valence-electron chi connectivity index (χ0n) is 24.1. The smallest absolute Gasteiger partial charge is 0.255 e. The molecule has 0 aliphatic rings. The first-order chi connectivity index (χ1) is 20.2. The van der Waals surface area contributed by atoms with Gasteiger partial charge in [-0.2, -0.15) is 0 Å². The largest absolute Gasteiger partial charge is 0.492 e. The Hall–Kier alpha value is -3.62. The van der Waals surface area contributed by atoms with Gasteiger partial charge in [0.1, 0.15) is 11.5 Å². The van der Waals surface area contributed by atoms with E-state index >= 15 is 0 Å². The highest BCUT2D eigenvalue weighted by atomic mass is 79.9. The van der Waals surface area contributed by atoms with Crippen LogP contribution in [0.2, 0.25) is 0 Å². The molecule has 0 fully saturated rings. The first-order valence-electron chi connectivity index (χ1n) is 13.9. The van der Waals surface area contributed by atoms with Gasteiger partial charge in [0.15, 0.2) is 0 Å². The van der Waals surface area contributed by atoms with E-state index in [2.05, 4.69) is 42.5 Å². The van der Waals surface area contributed by atoms with Crippen LogP contribution in [0.4, 0.5) is 11.4 Å². The quantitative estimate of drug-likeness (QED) is 0.164. The molecule has 218 valence electrons. The molecule has 0 saturated heterocycles. The van der Waals surface area contributed by atoms with E-state index in [4.69, 9.17) is 9.47 Å². The van der Waals surface area contributed by atoms with E-state index < -0.39 is 0 Å². The molecule has 6 nitrogen and oxygen atoms in total. The monoisotopic (exact) mass is 692 g/mol. The third-order valence-corrected chi connectivity index (χ3v) is 7.83. The van der Waals surface area contributed by atoms with Crippen molar-refractivity contribution in [1.82, 2.24) is 0 Å². The Balaban J connectivity index is 1.43. The Labute approximate surface area is 264 Å². The lowest BCUT2D eigenvalue weighted by Crippen LogP contribution is -2.13. The summed E-state index contributed by atoms with van der Waals surface area (Å²) in [5.41, 5.74) is 6.46. The Morgan fingerprint density at radius 1 is 0.619 bits per heavy atom. The summed E-state index contributed by atoms with van der Waals surface area (Å²) in [6.07, 6.45) is 1.82. The molecule has 42 heavy (non-hydrogen) atoms. The molecular formula is C34H34Br2N2O4. The number of carbonyl (C=O) groups is 2. The fourth-order valence-electron chi connectivity index (χ4n) is 4.30. The van der Waals surface area contributed by atoms with Crippen LogP contribution in [-0.4, -0.2) is 25.0 Å². The first kappa shape index (κ1) is 31.3. The number of rotatable bonds is 11. The molecule has 0 aliphatic carbocycles. The Bertz CT molecular complexity index is 1480. The number of ether oxygens (including phenoxy) is 2. The average molecular weight is 694 g/mol. The van der Waals surface area contributed by atoms with Gasteiger partial charge in [-0.05, 0) is 141 Å². The molecule has 0 radical (unpaired) electrons. The predicted molar refractivity (Wildman–Crippen MR) is 177 cm³/mol. The van der Waals surface area contributed by atoms with E-state index in [1.54, 1.807) is 36.4 Å². The maximum absolute atomic E-state index is 12.9. The van der Waals surface area contributed by atoms with Crippen molar-refractivity contribution in [3.05, 3.63) is 104 Å². The van der Waals surface area contributed by atoms with E-state index in [1.165, 1.54) is 0 Å². The third kappa shape index (κ3) is 7.81. The summed E-state index contributed by atoms with van der Waals surface area (Å²) in [5.74, 6) is 1.04. The summed E-state index contributed by atoms with van der Waals surface area (Å²) in [6.45, 7) is 9.27. The van der Waals surface area contributed by atoms with Crippen LogP contribution in [0, 0.1) is 13.8 Å². The normalized spacial score (nSPS) is 10.7. The molecule has 4 aromatic carbocycles. The van der Waals surface area contributed by atoms with Gasteiger partial charge in [0.2, 0.25) is 0 Å². The molecule has 2 amide bonds. The maximum atomic E-state index is 12.9. The van der Waals surface area contributed by atoms with Crippen LogP contribution in [-0.2, 0) is 0 Å². The molecule has 0 spiro atoms. The Morgan fingerprint density at radius 2 is 1.02 bits per heavy atom. The van der Waals surface area contributed by atoms with Crippen LogP contribution < -0.4 is 20.1 Å². The lowest BCUT2D eigenvalue weighted by atomic mass is 9.99. The minimum Gasteiger partial charge on any atom is -0.492 e. The fourth-order valence-corrected chi connectivity index (χ4v) is 5.28. The van der Waals surface area contributed by atoms with Gasteiger partial charge >= 0.3 is 0 Å². The lowest BCUT2D eigenvalue weighted by molar-refractivity contribution is 0.101. The van der Waals surface area contributed by atoms with Crippen LogP contribution >= 0.6 is 31.9 Å². The number of nitrogens with one attached hydrogen (secondary N) is 2. The highest BCUT2D eigenvalue weighted by molar-refractivity contribution is 9.10. The molecule has 0 aliphatic heterocycles. The average Bonchev–Trinajstić information content (AvgIpc) is 2.97. The second-order valence-corrected chi connectivity index (χ2v) is 11.7. The van der Waals surface area contributed by atoms with Gasteiger partial charge in [-0.1, -0.05) is 26.0 Å². The van der Waals surface area contributed by atoms with Gasteiger partial charge in [-0.15, -0.1) is 0 Å². The van der Waals surface area contributed by atoms with Crippen molar-refractivity contribution in [2.75, 3.05) is 23.8 Å². The minimum absolute atomic E-state index is 0.195. The van der Waals surface area contributed by atoms with Crippen molar-refractivity contribution in [3.63, 3.8) is 0 Å². The van der Waals surface area contributed by atoms with Crippen molar-refractivity contribution >= 4 is 55.0 Å². The van der Waals surface area contributed by atoms with Crippen molar-refractivity contribution in [1.29, 1.82) is 0 Å². The number of benzene rings is 4. The van der Waals surface area contributed by atoms with E-state index in [1.807, 2.05) is 64.1 Å². The van der Waals surface area contributed by atoms with E-state index in [0.717, 1.165) is 66.9 Å². The van der Waals surface area contributed by atoms with Crippen LogP contribution in [0.15, 0.2) is 81.7 Å². The molecule has 0 heterocycles. The fraction of sp³-hybridized carbons (Fsp3) is 0.235. The Kier molecular flexibility index (Phi) is 10.8. The van der Waals surface area contributed by atoms with Crippen LogP contribution in [0.3, 0.4) is 0 Å². The SMILES string of the molecule is CCCOc1ccc(C(=O)Nc2ccc(-c3ccc(NC(=O)c4ccc(OCCC)c(Br)c4)c(C)c3)cc2C)cc1Br. The molecule has 0 bridgehead atoms. The van der Waals surface area contributed by atoms with Gasteiger partial charge in [0.05, 0.1) is 22.2 Å². The predicted octanol–water partition coefficient (Wildman–Crippen LogP) is 9.58. The maximum Gasteiger partial charge on any atom is 0.255 e. The zero-order valence-corrected chi connectivity index (χ0v) is 27.3. The number of aryl methyl sites for hydroxylation is 2. The van der Waals surface area contributed by atoms with Gasteiger partial charge in [0.25, 0.3) is 11.8 Å². The van der Waals surface area contributed by atoms with Crippen LogP contribution in [0.25, 0.3) is 11.1 Å². The molecule has 2 N–H and O–H groups in total. The summed E-state index contributed by atoms with van der Waals surface area (Å²) in [6, 6.07) is 22.5. The summed E-state index contributed by atoms with van der Waals surface area (Å²) < 4.78 is 12.9. The number of hydrogen-bond acceptors (Lipinski definition) is 4. The summed E-state index contributed by atoms with van der Waals surface area (Å²) in [5, 5.41) is 6.02. The highest BCUT2D eigenvalue weighted by Crippen LogP contribution is 2.31. The molecule has 0 saturated carbocycles. The molecule has 0 unspecified atom stereocenters. The van der Waals surface area contributed by atoms with Crippen LogP contribution in [0.1, 0.15) is 58.5 Å². The molecule has 0 aromatic heterocycles. The van der Waals surface area contributed by atoms with Crippen molar-refractivity contribution in [2.45, 2.75) is 40.5 Å². The molecule has 4 aromatic rings. The number of carbonyl (C=O) groups excluding carboxylic acids is 2. The lowest BCUT2D eigenvalue weighted by Gasteiger charge is -2.14. The van der Waals surface area contributed by atoms with E-state index in [0.29, 0.717) is 24.3 Å². The summed E-state index contributed by atoms with van der Waals surface area (Å²) in [7, 11) is 0. The molecule has 8 heteroatoms. The van der Waals surface area contributed by atoms with Crippen molar-refractivity contribution in [2.24, 2.45) is 0 Å². The van der Waals surface area contributed by atoms with Crippen molar-refractivity contribution in [3.8, 4) is 22.6 Å². The van der Waals surface area contributed by atoms with E-state index in [-0.39, 0.29) is 11.8 Å². The first-order valence-corrected chi connectivity index (χ1v) is 15.5. The standard InChI is InChI=1S/C34H34Br2N2O4/c1-5-15-41-31-13-9-25(19-27(31)35)33(39)37-29-11-7-23(17-21(29)3)24-8-12-30(22(4)18-24)38-34(40)26-10-14-32(28(36)20-26)42-16-6-2/h7-14,17-20H,5-6,15-16H2,1-4H3,(H,37,39)(H,38,40). The molecule has 0 atom stereocenters. The summed E-state index contributed by atoms with van der Waals surface area (Å²) in [4.78, 5) is 25.9. The molecule has 4 rings (SSSR count). The minimum atomic E-state index is -0.195. The second kappa shape index (κ2) is 14.5. The third-order valence-electron chi connectivity index (χ3n) is 6.59. The van der Waals surface area contributed by atoms with Crippen LogP contribution in [0.5, 0.6) is 11.5 Å². The Morgan fingerprint density at radius 3 is 1.36 bits per heavy atom. The van der Waals surface area contributed by atoms with E-state index in [9.17, 15) is 9.59 Å². The number of anilines is 2. The highest BCUT2D eigenvalue weighted by Gasteiger charge is 2.14. The topological polar surface area (TPSA) is 76.7 Å².